The zero-order chi connectivity index (χ0) is 21.0. The monoisotopic (exact) mass is 408 g/mol. The minimum atomic E-state index is -0.806. The molecule has 0 aromatic heterocycles. The van der Waals surface area contributed by atoms with Gasteiger partial charge in [-0.25, -0.2) is 4.39 Å². The number of halogens is 4. The molecule has 0 aliphatic carbocycles. The molecule has 0 aromatic carbocycles. The summed E-state index contributed by atoms with van der Waals surface area (Å²) in [7, 11) is 0.500. The molecule has 166 valence electrons. The summed E-state index contributed by atoms with van der Waals surface area (Å²) in [5, 5.41) is 0. The molecule has 2 atom stereocenters. The van der Waals surface area contributed by atoms with Crippen molar-refractivity contribution in [2.45, 2.75) is 39.4 Å². The van der Waals surface area contributed by atoms with Crippen LogP contribution in [0.1, 0.15) is 27.2 Å². The van der Waals surface area contributed by atoms with Gasteiger partial charge in [-0.1, -0.05) is 13.8 Å². The van der Waals surface area contributed by atoms with Crippen molar-refractivity contribution in [2.24, 2.45) is 5.41 Å². The Balaban J connectivity index is 0. The Labute approximate surface area is 160 Å². The third kappa shape index (κ3) is 25.5. The molecule has 0 radical (unpaired) electrons. The van der Waals surface area contributed by atoms with E-state index in [-0.39, 0.29) is 18.7 Å². The van der Waals surface area contributed by atoms with Crippen molar-refractivity contribution in [1.82, 2.24) is 0 Å². The highest BCUT2D eigenvalue weighted by atomic mass is 19.1. The summed E-state index contributed by atoms with van der Waals surface area (Å²) in [5.41, 5.74) is 0.0732. The normalized spacial score (nSPS) is 19.6. The zero-order valence-corrected chi connectivity index (χ0v) is 17.0. The van der Waals surface area contributed by atoms with Crippen LogP contribution in [0.3, 0.4) is 0 Å². The van der Waals surface area contributed by atoms with Crippen molar-refractivity contribution in [3.05, 3.63) is 0 Å². The zero-order valence-electron chi connectivity index (χ0n) is 17.0. The molecule has 27 heavy (non-hydrogen) atoms. The minimum absolute atomic E-state index is 0.0732. The summed E-state index contributed by atoms with van der Waals surface area (Å²) >= 11 is 0. The highest BCUT2D eigenvalue weighted by Gasteiger charge is 2.27. The van der Waals surface area contributed by atoms with E-state index < -0.39 is 13.5 Å². The fraction of sp³-hybridized carbons (Fsp3) is 1.00. The quantitative estimate of drug-likeness (QED) is 0.280. The van der Waals surface area contributed by atoms with Crippen LogP contribution >= 0.6 is 0 Å². The molecule has 2 rings (SSSR count). The lowest BCUT2D eigenvalue weighted by Crippen LogP contribution is -2.27. The molecule has 2 unspecified atom stereocenters. The van der Waals surface area contributed by atoms with Gasteiger partial charge in [0, 0.05) is 5.41 Å². The number of rotatable bonds is 12. The molecule has 2 heterocycles. The standard InChI is InChI=1S/C11H20O4.C4H8F2O.C2H5F.CH3F/c1-11(2,7-12-3-9-5-14-9)8-13-4-10-6-15-10;5-2-1-3-7-4-6;1-2-3;1-2/h9-10H,3-8H2,1-2H3;1-4H2;2H2,1H3;1H3. The van der Waals surface area contributed by atoms with Crippen LogP contribution in [0.25, 0.3) is 0 Å². The van der Waals surface area contributed by atoms with E-state index >= 15 is 0 Å². The molecule has 0 spiro atoms. The molecular weight excluding hydrogens is 372 g/mol. The minimum Gasteiger partial charge on any atom is -0.378 e. The fourth-order valence-corrected chi connectivity index (χ4v) is 1.51. The molecule has 2 aliphatic heterocycles. The van der Waals surface area contributed by atoms with Crippen molar-refractivity contribution >= 4 is 0 Å². The van der Waals surface area contributed by atoms with Crippen molar-refractivity contribution < 1.29 is 41.2 Å². The lowest BCUT2D eigenvalue weighted by atomic mass is 9.96. The maximum atomic E-state index is 11.1. The van der Waals surface area contributed by atoms with Gasteiger partial charge in [0.05, 0.1) is 66.8 Å². The van der Waals surface area contributed by atoms with E-state index in [1.807, 2.05) is 0 Å². The van der Waals surface area contributed by atoms with Crippen LogP contribution in [0.2, 0.25) is 0 Å². The Hall–Kier alpha value is -0.480. The van der Waals surface area contributed by atoms with Crippen LogP contribution in [-0.4, -0.2) is 85.8 Å². The molecule has 2 aliphatic rings. The van der Waals surface area contributed by atoms with Crippen molar-refractivity contribution in [2.75, 3.05) is 73.6 Å². The average Bonchev–Trinajstić information content (AvgIpc) is 3.54. The van der Waals surface area contributed by atoms with E-state index in [0.29, 0.717) is 25.8 Å². The predicted octanol–water partition coefficient (Wildman–Crippen LogP) is 3.69. The summed E-state index contributed by atoms with van der Waals surface area (Å²) in [6.07, 6.45) is 0.993. The summed E-state index contributed by atoms with van der Waals surface area (Å²) in [5.74, 6) is 0. The van der Waals surface area contributed by atoms with Gasteiger partial charge in [-0.3, -0.25) is 13.2 Å². The second kappa shape index (κ2) is 20.3. The number of alkyl halides is 4. The van der Waals surface area contributed by atoms with E-state index in [9.17, 15) is 17.6 Å². The number of ether oxygens (including phenoxy) is 5. The van der Waals surface area contributed by atoms with E-state index in [1.165, 1.54) is 6.92 Å². The third-order valence-corrected chi connectivity index (χ3v) is 2.90. The van der Waals surface area contributed by atoms with Gasteiger partial charge in [0.2, 0.25) is 0 Å². The Morgan fingerprint density at radius 2 is 1.30 bits per heavy atom. The highest BCUT2D eigenvalue weighted by molar-refractivity contribution is 4.72. The Bertz CT molecular complexity index is 267. The molecule has 0 bridgehead atoms. The van der Waals surface area contributed by atoms with Crippen LogP contribution in [0.4, 0.5) is 17.6 Å². The van der Waals surface area contributed by atoms with Gasteiger partial charge in [0.25, 0.3) is 0 Å². The summed E-state index contributed by atoms with van der Waals surface area (Å²) in [4.78, 5) is 0. The Morgan fingerprint density at radius 3 is 1.59 bits per heavy atom. The van der Waals surface area contributed by atoms with E-state index in [4.69, 9.17) is 18.9 Å². The first-order valence-electron chi connectivity index (χ1n) is 9.01. The summed E-state index contributed by atoms with van der Waals surface area (Å²) < 4.78 is 67.3. The van der Waals surface area contributed by atoms with Gasteiger partial charge in [-0.2, -0.15) is 0 Å². The fourth-order valence-electron chi connectivity index (χ4n) is 1.51. The molecule has 0 amide bonds. The van der Waals surface area contributed by atoms with Crippen LogP contribution in [0.15, 0.2) is 0 Å². The van der Waals surface area contributed by atoms with Crippen molar-refractivity contribution in [3.63, 3.8) is 0 Å². The number of hydrogen-bond acceptors (Lipinski definition) is 5. The average molecular weight is 408 g/mol. The third-order valence-electron chi connectivity index (χ3n) is 2.90. The van der Waals surface area contributed by atoms with Gasteiger partial charge in [-0.05, 0) is 13.3 Å². The van der Waals surface area contributed by atoms with Gasteiger partial charge in [0.15, 0.2) is 6.86 Å². The largest absolute Gasteiger partial charge is 0.378 e. The summed E-state index contributed by atoms with van der Waals surface area (Å²) in [6, 6.07) is 0. The van der Waals surface area contributed by atoms with Crippen LogP contribution < -0.4 is 0 Å². The molecule has 0 aromatic rings. The van der Waals surface area contributed by atoms with Crippen LogP contribution in [0, 0.1) is 5.41 Å². The van der Waals surface area contributed by atoms with Gasteiger partial charge in [-0.15, -0.1) is 0 Å². The lowest BCUT2D eigenvalue weighted by Gasteiger charge is -2.23. The number of hydrogen-bond donors (Lipinski definition) is 0. The van der Waals surface area contributed by atoms with E-state index in [1.54, 1.807) is 0 Å². The van der Waals surface area contributed by atoms with Crippen LogP contribution in [0.5, 0.6) is 0 Å². The van der Waals surface area contributed by atoms with Crippen molar-refractivity contribution in [3.8, 4) is 0 Å². The first-order chi connectivity index (χ1) is 13.0. The molecule has 5 nitrogen and oxygen atoms in total. The van der Waals surface area contributed by atoms with E-state index in [2.05, 4.69) is 18.6 Å². The van der Waals surface area contributed by atoms with Crippen molar-refractivity contribution in [1.29, 1.82) is 0 Å². The smallest absolute Gasteiger partial charge is 0.188 e. The SMILES string of the molecule is CC(C)(COCC1CO1)COCC1CO1.CCF.CF.FCCCOCF. The molecular formula is C18H36F4O5. The maximum absolute atomic E-state index is 11.1. The lowest BCUT2D eigenvalue weighted by molar-refractivity contribution is -0.0101. The Morgan fingerprint density at radius 1 is 0.889 bits per heavy atom. The maximum Gasteiger partial charge on any atom is 0.188 e. The second-order valence-corrected chi connectivity index (χ2v) is 6.43. The second-order valence-electron chi connectivity index (χ2n) is 6.43. The number of epoxide rings is 2. The van der Waals surface area contributed by atoms with Gasteiger partial charge >= 0.3 is 0 Å². The Kier molecular flexibility index (Phi) is 21.6. The van der Waals surface area contributed by atoms with Crippen LogP contribution in [-0.2, 0) is 23.7 Å². The summed E-state index contributed by atoms with van der Waals surface area (Å²) in [6.45, 7) is 9.04. The molecule has 0 N–H and O–H groups in total. The first kappa shape index (κ1) is 28.7. The topological polar surface area (TPSA) is 52.8 Å². The molecule has 0 saturated carbocycles. The van der Waals surface area contributed by atoms with E-state index in [0.717, 1.165) is 39.6 Å². The van der Waals surface area contributed by atoms with Gasteiger partial charge in [0.1, 0.15) is 12.2 Å². The molecule has 2 fully saturated rings. The van der Waals surface area contributed by atoms with Gasteiger partial charge < -0.3 is 23.7 Å². The first-order valence-corrected chi connectivity index (χ1v) is 9.01. The predicted molar refractivity (Wildman–Crippen MR) is 96.1 cm³/mol. The molecule has 2 saturated heterocycles. The highest BCUT2D eigenvalue weighted by Crippen LogP contribution is 2.19. The molecule has 9 heteroatoms.